The van der Waals surface area contributed by atoms with Gasteiger partial charge in [-0.1, -0.05) is 23.5 Å². The molecule has 1 amide bonds. The molecule has 0 fully saturated rings. The maximum atomic E-state index is 12.8. The van der Waals surface area contributed by atoms with Crippen LogP contribution < -0.4 is 5.32 Å². The fraction of sp³-hybridized carbons (Fsp3) is 0. The van der Waals surface area contributed by atoms with E-state index in [-0.39, 0.29) is 10.9 Å². The number of carbonyl (C=O) groups excluding carboxylic acids is 1. The highest BCUT2D eigenvalue weighted by Gasteiger charge is 2.09. The first-order valence-electron chi connectivity index (χ1n) is 6.80. The Kier molecular flexibility index (Phi) is 4.66. The van der Waals surface area contributed by atoms with E-state index in [4.69, 9.17) is 0 Å². The summed E-state index contributed by atoms with van der Waals surface area (Å²) in [4.78, 5) is 16.1. The molecule has 0 aliphatic carbocycles. The van der Waals surface area contributed by atoms with Gasteiger partial charge in [0.05, 0.1) is 0 Å². The van der Waals surface area contributed by atoms with Gasteiger partial charge in [0.1, 0.15) is 11.6 Å². The number of anilines is 1. The first-order valence-corrected chi connectivity index (χ1v) is 7.62. The molecule has 120 valence electrons. The highest BCUT2D eigenvalue weighted by Crippen LogP contribution is 2.23. The minimum atomic E-state index is -0.417. The maximum Gasteiger partial charge on any atom is 0.257 e. The Morgan fingerprint density at radius 2 is 1.62 bits per heavy atom. The second-order valence-corrected chi connectivity index (χ2v) is 5.62. The van der Waals surface area contributed by atoms with Crippen molar-refractivity contribution in [3.05, 3.63) is 71.3 Å². The highest BCUT2D eigenvalue weighted by atomic mass is 32.1. The SMILES string of the molecule is O=C(Nc1nnc(/N=C/c2ccc(F)cc2)s1)c1ccc(F)cc1. The molecule has 1 heterocycles. The van der Waals surface area contributed by atoms with E-state index < -0.39 is 11.7 Å². The number of aliphatic imine (C=N–C) groups is 1. The molecule has 0 saturated heterocycles. The van der Waals surface area contributed by atoms with Crippen LogP contribution in [0.5, 0.6) is 0 Å². The van der Waals surface area contributed by atoms with Gasteiger partial charge >= 0.3 is 0 Å². The molecule has 8 heteroatoms. The summed E-state index contributed by atoms with van der Waals surface area (Å²) in [5.41, 5.74) is 1.02. The Morgan fingerprint density at radius 1 is 1.00 bits per heavy atom. The van der Waals surface area contributed by atoms with Gasteiger partial charge in [-0.15, -0.1) is 10.2 Å². The van der Waals surface area contributed by atoms with E-state index in [0.717, 1.165) is 11.3 Å². The average Bonchev–Trinajstić information content (AvgIpc) is 3.02. The van der Waals surface area contributed by atoms with Gasteiger partial charge in [0, 0.05) is 11.8 Å². The van der Waals surface area contributed by atoms with E-state index in [9.17, 15) is 13.6 Å². The maximum absolute atomic E-state index is 12.8. The number of benzene rings is 2. The van der Waals surface area contributed by atoms with Crippen LogP contribution in [0.25, 0.3) is 0 Å². The Labute approximate surface area is 139 Å². The van der Waals surface area contributed by atoms with Crippen molar-refractivity contribution in [2.45, 2.75) is 0 Å². The van der Waals surface area contributed by atoms with Crippen LogP contribution >= 0.6 is 11.3 Å². The number of nitrogens with zero attached hydrogens (tertiary/aromatic N) is 3. The molecule has 0 saturated carbocycles. The van der Waals surface area contributed by atoms with E-state index in [1.165, 1.54) is 42.6 Å². The molecule has 0 bridgehead atoms. The van der Waals surface area contributed by atoms with Crippen LogP contribution in [0, 0.1) is 11.6 Å². The zero-order valence-electron chi connectivity index (χ0n) is 12.1. The molecule has 0 aliphatic heterocycles. The van der Waals surface area contributed by atoms with E-state index in [0.29, 0.717) is 16.3 Å². The molecule has 1 N–H and O–H groups in total. The van der Waals surface area contributed by atoms with Gasteiger partial charge < -0.3 is 0 Å². The van der Waals surface area contributed by atoms with Gasteiger partial charge in [-0.05, 0) is 42.0 Å². The highest BCUT2D eigenvalue weighted by molar-refractivity contribution is 7.18. The summed E-state index contributed by atoms with van der Waals surface area (Å²) in [6.07, 6.45) is 1.52. The molecule has 0 aliphatic rings. The van der Waals surface area contributed by atoms with Gasteiger partial charge in [0.15, 0.2) is 0 Å². The summed E-state index contributed by atoms with van der Waals surface area (Å²) in [5.74, 6) is -1.16. The Hall–Kier alpha value is -3.00. The third-order valence-corrected chi connectivity index (χ3v) is 3.68. The molecule has 2 aromatic carbocycles. The lowest BCUT2D eigenvalue weighted by molar-refractivity contribution is 0.102. The largest absolute Gasteiger partial charge is 0.296 e. The zero-order valence-corrected chi connectivity index (χ0v) is 12.9. The summed E-state index contributed by atoms with van der Waals surface area (Å²) in [7, 11) is 0. The number of rotatable bonds is 4. The Morgan fingerprint density at radius 3 is 2.29 bits per heavy atom. The fourth-order valence-electron chi connectivity index (χ4n) is 1.77. The van der Waals surface area contributed by atoms with Crippen molar-refractivity contribution in [3.8, 4) is 0 Å². The van der Waals surface area contributed by atoms with Gasteiger partial charge in [0.25, 0.3) is 5.91 Å². The Balaban J connectivity index is 1.65. The number of hydrogen-bond donors (Lipinski definition) is 1. The Bertz CT molecular complexity index is 876. The molecule has 24 heavy (non-hydrogen) atoms. The first-order chi connectivity index (χ1) is 11.6. The monoisotopic (exact) mass is 344 g/mol. The summed E-state index contributed by atoms with van der Waals surface area (Å²) in [6, 6.07) is 11.0. The van der Waals surface area contributed by atoms with E-state index in [2.05, 4.69) is 20.5 Å². The van der Waals surface area contributed by atoms with Crippen molar-refractivity contribution >= 4 is 33.7 Å². The smallest absolute Gasteiger partial charge is 0.257 e. The summed E-state index contributed by atoms with van der Waals surface area (Å²) in [6.45, 7) is 0. The van der Waals surface area contributed by atoms with Crippen LogP contribution in [-0.2, 0) is 0 Å². The first kappa shape index (κ1) is 15.9. The van der Waals surface area contributed by atoms with Gasteiger partial charge in [0.2, 0.25) is 10.3 Å². The van der Waals surface area contributed by atoms with Gasteiger partial charge in [-0.25, -0.2) is 13.8 Å². The zero-order chi connectivity index (χ0) is 16.9. The van der Waals surface area contributed by atoms with Gasteiger partial charge in [-0.3, -0.25) is 10.1 Å². The van der Waals surface area contributed by atoms with Gasteiger partial charge in [-0.2, -0.15) is 0 Å². The summed E-state index contributed by atoms with van der Waals surface area (Å²) in [5, 5.41) is 10.8. The molecule has 3 aromatic rings. The number of aromatic nitrogens is 2. The van der Waals surface area contributed by atoms with Crippen molar-refractivity contribution in [3.63, 3.8) is 0 Å². The minimum absolute atomic E-state index is 0.274. The third kappa shape index (κ3) is 4.05. The van der Waals surface area contributed by atoms with E-state index >= 15 is 0 Å². The lowest BCUT2D eigenvalue weighted by atomic mass is 10.2. The van der Waals surface area contributed by atoms with Crippen molar-refractivity contribution in [1.82, 2.24) is 10.2 Å². The molecule has 5 nitrogen and oxygen atoms in total. The molecule has 0 atom stereocenters. The number of halogens is 2. The van der Waals surface area contributed by atoms with Crippen LogP contribution in [-0.4, -0.2) is 22.3 Å². The van der Waals surface area contributed by atoms with Crippen LogP contribution in [0.15, 0.2) is 53.5 Å². The summed E-state index contributed by atoms with van der Waals surface area (Å²) < 4.78 is 25.6. The topological polar surface area (TPSA) is 67.2 Å². The van der Waals surface area contributed by atoms with Crippen molar-refractivity contribution < 1.29 is 13.6 Å². The third-order valence-electron chi connectivity index (χ3n) is 2.94. The molecular formula is C16H10F2N4OS. The molecule has 0 radical (unpaired) electrons. The molecule has 0 unspecified atom stereocenters. The standard InChI is InChI=1S/C16H10F2N4OS/c17-12-5-1-10(2-6-12)9-19-15-21-22-16(24-15)20-14(23)11-3-7-13(18)8-4-11/h1-9H,(H,20,22,23)/b19-9+. The van der Waals surface area contributed by atoms with Crippen LogP contribution in [0.2, 0.25) is 0 Å². The lowest BCUT2D eigenvalue weighted by Gasteiger charge is -2.00. The minimum Gasteiger partial charge on any atom is -0.296 e. The van der Waals surface area contributed by atoms with Crippen LogP contribution in [0.4, 0.5) is 19.0 Å². The normalized spacial score (nSPS) is 10.9. The number of hydrogen-bond acceptors (Lipinski definition) is 5. The predicted octanol–water partition coefficient (Wildman–Crippen LogP) is 3.82. The van der Waals surface area contributed by atoms with E-state index in [1.54, 1.807) is 12.1 Å². The predicted molar refractivity (Wildman–Crippen MR) is 87.9 cm³/mol. The van der Waals surface area contributed by atoms with Crippen molar-refractivity contribution in [1.29, 1.82) is 0 Å². The van der Waals surface area contributed by atoms with Crippen LogP contribution in [0.1, 0.15) is 15.9 Å². The number of carbonyl (C=O) groups is 1. The second-order valence-electron chi connectivity index (χ2n) is 4.66. The van der Waals surface area contributed by atoms with E-state index in [1.807, 2.05) is 0 Å². The van der Waals surface area contributed by atoms with Crippen molar-refractivity contribution in [2.75, 3.05) is 5.32 Å². The molecule has 3 rings (SSSR count). The summed E-state index contributed by atoms with van der Waals surface area (Å²) >= 11 is 1.08. The number of amides is 1. The second kappa shape index (κ2) is 7.05. The van der Waals surface area contributed by atoms with Crippen molar-refractivity contribution in [2.24, 2.45) is 4.99 Å². The molecule has 0 spiro atoms. The fourth-order valence-corrected chi connectivity index (χ4v) is 2.35. The molecule has 1 aromatic heterocycles. The number of nitrogens with one attached hydrogen (secondary N) is 1. The lowest BCUT2D eigenvalue weighted by Crippen LogP contribution is -2.11. The average molecular weight is 344 g/mol. The quantitative estimate of drug-likeness (QED) is 0.732. The molecular weight excluding hydrogens is 334 g/mol. The van der Waals surface area contributed by atoms with Crippen LogP contribution in [0.3, 0.4) is 0 Å².